The van der Waals surface area contributed by atoms with Crippen LogP contribution in [0.3, 0.4) is 0 Å². The minimum Gasteiger partial charge on any atom is -0.322 e. The van der Waals surface area contributed by atoms with Gasteiger partial charge in [0.05, 0.1) is 23.1 Å². The Morgan fingerprint density at radius 2 is 1.59 bits per heavy atom. The maximum Gasteiger partial charge on any atom is 0.257 e. The highest BCUT2D eigenvalue weighted by Crippen LogP contribution is 2.56. The molecular weight excluding hydrogens is 364 g/mol. The summed E-state index contributed by atoms with van der Waals surface area (Å²) in [6.07, 6.45) is 3.07. The second-order valence-corrected chi connectivity index (χ2v) is 8.67. The highest BCUT2D eigenvalue weighted by Gasteiger charge is 2.61. The summed E-state index contributed by atoms with van der Waals surface area (Å²) in [6.45, 7) is 4.01. The molecule has 1 heterocycles. The third-order valence-corrected chi connectivity index (χ3v) is 7.08. The number of anilines is 2. The van der Waals surface area contributed by atoms with Crippen molar-refractivity contribution in [2.75, 3.05) is 10.2 Å². The molecule has 2 aromatic carbocycles. The largest absolute Gasteiger partial charge is 0.322 e. The number of amides is 3. The first-order chi connectivity index (χ1) is 14.0. The first-order valence-corrected chi connectivity index (χ1v) is 10.3. The van der Waals surface area contributed by atoms with Crippen LogP contribution in [0.2, 0.25) is 0 Å². The van der Waals surface area contributed by atoms with Crippen molar-refractivity contribution in [1.82, 2.24) is 0 Å². The standard InChI is InChI=1S/C24H24N2O3/c1-13-7-10-17(11-14(13)2)25-22(27)18-5-3-4-6-19(18)26-23(28)20-15-8-9-16(12-15)21(20)24(26)29/h3-7,10-11,15-16,20-21H,8-9,12H2,1-2H3,(H,25,27)/t15-,16-,20+,21+/m0/s1. The van der Waals surface area contributed by atoms with Crippen molar-refractivity contribution in [2.45, 2.75) is 33.1 Å². The van der Waals surface area contributed by atoms with Gasteiger partial charge in [0.15, 0.2) is 0 Å². The number of nitrogens with one attached hydrogen (secondary N) is 1. The zero-order valence-electron chi connectivity index (χ0n) is 16.6. The molecular formula is C24H24N2O3. The Labute approximate surface area is 170 Å². The van der Waals surface area contributed by atoms with Gasteiger partial charge in [0.2, 0.25) is 11.8 Å². The van der Waals surface area contributed by atoms with E-state index in [9.17, 15) is 14.4 Å². The third-order valence-electron chi connectivity index (χ3n) is 7.08. The van der Waals surface area contributed by atoms with Crippen molar-refractivity contribution in [2.24, 2.45) is 23.7 Å². The quantitative estimate of drug-likeness (QED) is 0.806. The molecule has 0 unspecified atom stereocenters. The second-order valence-electron chi connectivity index (χ2n) is 8.67. The Kier molecular flexibility index (Phi) is 4.09. The topological polar surface area (TPSA) is 66.5 Å². The SMILES string of the molecule is Cc1ccc(NC(=O)c2ccccc2N2C(=O)[C@@H]3[C@H]4CC[C@@H](C4)[C@H]3C2=O)cc1C. The highest BCUT2D eigenvalue weighted by molar-refractivity contribution is 6.25. The smallest absolute Gasteiger partial charge is 0.257 e. The van der Waals surface area contributed by atoms with Crippen LogP contribution in [0.5, 0.6) is 0 Å². The van der Waals surface area contributed by atoms with Crippen LogP contribution >= 0.6 is 0 Å². The Morgan fingerprint density at radius 1 is 0.931 bits per heavy atom. The monoisotopic (exact) mass is 388 g/mol. The summed E-state index contributed by atoms with van der Waals surface area (Å²) in [5.74, 6) is -0.318. The first-order valence-electron chi connectivity index (χ1n) is 10.3. The van der Waals surface area contributed by atoms with E-state index in [1.807, 2.05) is 32.0 Å². The van der Waals surface area contributed by atoms with Crippen LogP contribution in [0.15, 0.2) is 42.5 Å². The fraction of sp³-hybridized carbons (Fsp3) is 0.375. The summed E-state index contributed by atoms with van der Waals surface area (Å²) in [7, 11) is 0. The number of imide groups is 1. The molecule has 1 saturated heterocycles. The van der Waals surface area contributed by atoms with E-state index in [-0.39, 0.29) is 29.6 Å². The van der Waals surface area contributed by atoms with E-state index >= 15 is 0 Å². The van der Waals surface area contributed by atoms with Crippen LogP contribution in [0.25, 0.3) is 0 Å². The fourth-order valence-corrected chi connectivity index (χ4v) is 5.52. The minimum atomic E-state index is -0.315. The number of nitrogens with zero attached hydrogens (tertiary/aromatic N) is 1. The zero-order valence-corrected chi connectivity index (χ0v) is 16.6. The zero-order chi connectivity index (χ0) is 20.3. The van der Waals surface area contributed by atoms with E-state index < -0.39 is 0 Å². The molecule has 5 nitrogen and oxygen atoms in total. The van der Waals surface area contributed by atoms with Crippen molar-refractivity contribution < 1.29 is 14.4 Å². The Hall–Kier alpha value is -2.95. The maximum absolute atomic E-state index is 13.2. The van der Waals surface area contributed by atoms with Crippen molar-refractivity contribution in [3.8, 4) is 0 Å². The molecule has 3 aliphatic rings. The van der Waals surface area contributed by atoms with Gasteiger partial charge in [0, 0.05) is 5.69 Å². The van der Waals surface area contributed by atoms with Gasteiger partial charge in [-0.3, -0.25) is 14.4 Å². The molecule has 29 heavy (non-hydrogen) atoms. The van der Waals surface area contributed by atoms with Crippen LogP contribution in [-0.2, 0) is 9.59 Å². The number of carbonyl (C=O) groups excluding carboxylic acids is 3. The fourth-order valence-electron chi connectivity index (χ4n) is 5.52. The van der Waals surface area contributed by atoms with Gasteiger partial charge in [-0.05, 0) is 80.3 Å². The van der Waals surface area contributed by atoms with Gasteiger partial charge in [0.1, 0.15) is 0 Å². The number of hydrogen-bond acceptors (Lipinski definition) is 3. The van der Waals surface area contributed by atoms with E-state index in [4.69, 9.17) is 0 Å². The van der Waals surface area contributed by atoms with E-state index in [2.05, 4.69) is 5.32 Å². The van der Waals surface area contributed by atoms with Crippen LogP contribution in [0.4, 0.5) is 11.4 Å². The molecule has 0 aromatic heterocycles. The van der Waals surface area contributed by atoms with Gasteiger partial charge < -0.3 is 5.32 Å². The Balaban J connectivity index is 1.47. The molecule has 2 saturated carbocycles. The Bertz CT molecular complexity index is 1020. The molecule has 0 radical (unpaired) electrons. The lowest BCUT2D eigenvalue weighted by molar-refractivity contribution is -0.123. The number of para-hydroxylation sites is 1. The maximum atomic E-state index is 13.2. The van der Waals surface area contributed by atoms with Crippen LogP contribution in [0.1, 0.15) is 40.7 Å². The molecule has 2 aromatic rings. The van der Waals surface area contributed by atoms with Crippen molar-refractivity contribution in [1.29, 1.82) is 0 Å². The Morgan fingerprint density at radius 3 is 2.24 bits per heavy atom. The molecule has 1 aliphatic heterocycles. The average Bonchev–Trinajstić information content (AvgIpc) is 3.39. The van der Waals surface area contributed by atoms with Crippen molar-refractivity contribution in [3.05, 3.63) is 59.2 Å². The first kappa shape index (κ1) is 18.1. The highest BCUT2D eigenvalue weighted by atomic mass is 16.2. The number of benzene rings is 2. The number of fused-ring (bicyclic) bond motifs is 5. The van der Waals surface area contributed by atoms with Crippen LogP contribution in [0, 0.1) is 37.5 Å². The van der Waals surface area contributed by atoms with Gasteiger partial charge in [-0.1, -0.05) is 18.2 Å². The van der Waals surface area contributed by atoms with Crippen LogP contribution < -0.4 is 10.2 Å². The predicted molar refractivity (Wildman–Crippen MR) is 111 cm³/mol. The second kappa shape index (κ2) is 6.55. The van der Waals surface area contributed by atoms with Gasteiger partial charge in [-0.25, -0.2) is 4.90 Å². The molecule has 4 atom stereocenters. The summed E-state index contributed by atoms with van der Waals surface area (Å²) >= 11 is 0. The number of hydrogen-bond donors (Lipinski definition) is 1. The molecule has 148 valence electrons. The molecule has 3 fully saturated rings. The van der Waals surface area contributed by atoms with E-state index in [0.717, 1.165) is 30.4 Å². The lowest BCUT2D eigenvalue weighted by atomic mass is 9.81. The van der Waals surface area contributed by atoms with Gasteiger partial charge in [0.25, 0.3) is 5.91 Å². The van der Waals surface area contributed by atoms with Crippen LogP contribution in [-0.4, -0.2) is 17.7 Å². The van der Waals surface area contributed by atoms with E-state index in [1.54, 1.807) is 24.3 Å². The predicted octanol–water partition coefficient (Wildman–Crippen LogP) is 4.09. The summed E-state index contributed by atoms with van der Waals surface area (Å²) < 4.78 is 0. The molecule has 1 N–H and O–H groups in total. The van der Waals surface area contributed by atoms with Gasteiger partial charge >= 0.3 is 0 Å². The molecule has 5 heteroatoms. The van der Waals surface area contributed by atoms with E-state index in [1.165, 1.54) is 4.90 Å². The normalized spacial score (nSPS) is 27.4. The van der Waals surface area contributed by atoms with Crippen molar-refractivity contribution in [3.63, 3.8) is 0 Å². The molecule has 5 rings (SSSR count). The van der Waals surface area contributed by atoms with Gasteiger partial charge in [-0.15, -0.1) is 0 Å². The number of carbonyl (C=O) groups is 3. The van der Waals surface area contributed by atoms with Crippen molar-refractivity contribution >= 4 is 29.1 Å². The summed E-state index contributed by atoms with van der Waals surface area (Å²) in [4.78, 5) is 40.7. The third kappa shape index (κ3) is 2.71. The number of aryl methyl sites for hydroxylation is 2. The summed E-state index contributed by atoms with van der Waals surface area (Å²) in [6, 6.07) is 12.6. The molecule has 2 bridgehead atoms. The number of rotatable bonds is 3. The molecule has 0 spiro atoms. The minimum absolute atomic E-state index is 0.126. The molecule has 3 amide bonds. The summed E-state index contributed by atoms with van der Waals surface area (Å²) in [5, 5.41) is 2.91. The lowest BCUT2D eigenvalue weighted by Gasteiger charge is -2.20. The summed E-state index contributed by atoms with van der Waals surface area (Å²) in [5.41, 5.74) is 3.68. The lowest BCUT2D eigenvalue weighted by Crippen LogP contribution is -2.34. The molecule has 2 aliphatic carbocycles. The van der Waals surface area contributed by atoms with E-state index in [0.29, 0.717) is 28.8 Å². The average molecular weight is 388 g/mol. The van der Waals surface area contributed by atoms with Gasteiger partial charge in [-0.2, -0.15) is 0 Å².